The van der Waals surface area contributed by atoms with Crippen molar-refractivity contribution in [1.29, 1.82) is 0 Å². The van der Waals surface area contributed by atoms with Crippen molar-refractivity contribution in [2.45, 2.75) is 18.9 Å². The van der Waals surface area contributed by atoms with Crippen LogP contribution in [-0.2, 0) is 27.7 Å². The van der Waals surface area contributed by atoms with Gasteiger partial charge in [-0.05, 0) is 18.1 Å². The normalized spacial score (nSPS) is 18.5. The van der Waals surface area contributed by atoms with Gasteiger partial charge in [0.1, 0.15) is 5.76 Å². The molecule has 1 atom stereocenters. The maximum Gasteiger partial charge on any atom is 0.326 e. The third-order valence-corrected chi connectivity index (χ3v) is 5.83. The summed E-state index contributed by atoms with van der Waals surface area (Å²) in [5.74, 6) is -0.754. The smallest absolute Gasteiger partial charge is 0.326 e. The van der Waals surface area contributed by atoms with Crippen LogP contribution in [0.2, 0.25) is 0 Å². The number of nitrogens with zero attached hydrogens (tertiary/aromatic N) is 1. The summed E-state index contributed by atoms with van der Waals surface area (Å²) in [6.07, 6.45) is 2.14. The second-order valence-corrected chi connectivity index (χ2v) is 7.49. The van der Waals surface area contributed by atoms with Crippen molar-refractivity contribution in [2.24, 2.45) is 0 Å². The van der Waals surface area contributed by atoms with Crippen molar-refractivity contribution in [2.75, 3.05) is 12.3 Å². The molecule has 1 N–H and O–H groups in total. The van der Waals surface area contributed by atoms with Gasteiger partial charge in [-0.2, -0.15) is 4.31 Å². The van der Waals surface area contributed by atoms with E-state index in [9.17, 15) is 18.3 Å². The van der Waals surface area contributed by atoms with Gasteiger partial charge in [-0.3, -0.25) is 4.79 Å². The number of hydrogen-bond donors (Lipinski definition) is 1. The fourth-order valence-corrected chi connectivity index (χ4v) is 4.48. The highest BCUT2D eigenvalue weighted by atomic mass is 32.2. The molecule has 0 fully saturated rings. The molecule has 1 aromatic heterocycles. The van der Waals surface area contributed by atoms with Gasteiger partial charge in [0, 0.05) is 18.5 Å². The molecule has 2 heterocycles. The third-order valence-electron chi connectivity index (χ3n) is 4.00. The number of sulfonamides is 1. The predicted octanol–water partition coefficient (Wildman–Crippen LogP) is 1.84. The van der Waals surface area contributed by atoms with E-state index < -0.39 is 22.0 Å². The van der Waals surface area contributed by atoms with Crippen molar-refractivity contribution >= 4 is 16.0 Å². The Morgan fingerprint density at radius 2 is 2.00 bits per heavy atom. The third kappa shape index (κ3) is 3.16. The zero-order valence-corrected chi connectivity index (χ0v) is 13.2. The molecule has 0 aliphatic carbocycles. The van der Waals surface area contributed by atoms with Crippen LogP contribution in [0.1, 0.15) is 22.9 Å². The highest BCUT2D eigenvalue weighted by Gasteiger charge is 2.40. The van der Waals surface area contributed by atoms with Crippen LogP contribution < -0.4 is 0 Å². The van der Waals surface area contributed by atoms with Gasteiger partial charge in [0.2, 0.25) is 10.0 Å². The first-order chi connectivity index (χ1) is 11.0. The summed E-state index contributed by atoms with van der Waals surface area (Å²) in [6, 6.07) is 9.60. The molecule has 1 aliphatic rings. The SMILES string of the molecule is O=C(O)C1c2ccoc2CCN1S(=O)(=O)CCc1ccccc1. The molecular weight excluding hydrogens is 318 g/mol. The predicted molar refractivity (Wildman–Crippen MR) is 83.4 cm³/mol. The van der Waals surface area contributed by atoms with E-state index in [4.69, 9.17) is 4.42 Å². The summed E-state index contributed by atoms with van der Waals surface area (Å²) in [5, 5.41) is 9.47. The zero-order chi connectivity index (χ0) is 16.4. The first kappa shape index (κ1) is 15.8. The van der Waals surface area contributed by atoms with E-state index in [2.05, 4.69) is 0 Å². The lowest BCUT2D eigenvalue weighted by atomic mass is 10.0. The van der Waals surface area contributed by atoms with Crippen LogP contribution in [0.4, 0.5) is 0 Å². The molecule has 0 radical (unpaired) electrons. The highest BCUT2D eigenvalue weighted by molar-refractivity contribution is 7.89. The molecule has 0 spiro atoms. The number of rotatable bonds is 5. The van der Waals surface area contributed by atoms with Gasteiger partial charge < -0.3 is 9.52 Å². The van der Waals surface area contributed by atoms with Crippen molar-refractivity contribution in [1.82, 2.24) is 4.31 Å². The molecule has 3 rings (SSSR count). The minimum Gasteiger partial charge on any atom is -0.480 e. The maximum absolute atomic E-state index is 12.6. The van der Waals surface area contributed by atoms with Crippen LogP contribution >= 0.6 is 0 Å². The average Bonchev–Trinajstić information content (AvgIpc) is 3.01. The Balaban J connectivity index is 1.83. The van der Waals surface area contributed by atoms with E-state index in [1.165, 1.54) is 12.3 Å². The molecule has 7 heteroatoms. The van der Waals surface area contributed by atoms with Crippen LogP contribution in [-0.4, -0.2) is 36.1 Å². The molecule has 1 aromatic carbocycles. The standard InChI is InChI=1S/C16H17NO5S/c18-16(19)15-13-7-10-22-14(13)6-9-17(15)23(20,21)11-8-12-4-2-1-3-5-12/h1-5,7,10,15H,6,8-9,11H2,(H,18,19). The Kier molecular flexibility index (Phi) is 4.23. The number of benzene rings is 1. The maximum atomic E-state index is 12.6. The molecule has 0 saturated carbocycles. The van der Waals surface area contributed by atoms with Crippen LogP contribution in [0.5, 0.6) is 0 Å². The Bertz CT molecular complexity index is 797. The number of aliphatic carboxylic acids is 1. The van der Waals surface area contributed by atoms with Crippen molar-refractivity contribution < 1.29 is 22.7 Å². The number of aryl methyl sites for hydroxylation is 1. The topological polar surface area (TPSA) is 87.8 Å². The van der Waals surface area contributed by atoms with Gasteiger partial charge >= 0.3 is 5.97 Å². The Hall–Kier alpha value is -2.12. The molecule has 2 aromatic rings. The molecule has 0 bridgehead atoms. The molecule has 122 valence electrons. The zero-order valence-electron chi connectivity index (χ0n) is 12.4. The fourth-order valence-electron chi connectivity index (χ4n) is 2.86. The largest absolute Gasteiger partial charge is 0.480 e. The number of fused-ring (bicyclic) bond motifs is 1. The van der Waals surface area contributed by atoms with E-state index in [0.29, 0.717) is 24.2 Å². The highest BCUT2D eigenvalue weighted by Crippen LogP contribution is 2.33. The van der Waals surface area contributed by atoms with Crippen molar-refractivity contribution in [3.05, 3.63) is 59.5 Å². The summed E-state index contributed by atoms with van der Waals surface area (Å²) < 4.78 is 31.6. The second kappa shape index (κ2) is 6.17. The minimum absolute atomic E-state index is 0.117. The van der Waals surface area contributed by atoms with E-state index in [-0.39, 0.29) is 12.3 Å². The first-order valence-corrected chi connectivity index (χ1v) is 8.92. The number of carboxylic acids is 1. The van der Waals surface area contributed by atoms with E-state index in [1.54, 1.807) is 0 Å². The fraction of sp³-hybridized carbons (Fsp3) is 0.312. The van der Waals surface area contributed by atoms with Crippen LogP contribution in [0, 0.1) is 0 Å². The number of hydrogen-bond acceptors (Lipinski definition) is 4. The number of carboxylic acid groups (broad SMARTS) is 1. The monoisotopic (exact) mass is 335 g/mol. The lowest BCUT2D eigenvalue weighted by molar-refractivity contribution is -0.142. The molecule has 6 nitrogen and oxygen atoms in total. The van der Waals surface area contributed by atoms with Gasteiger partial charge in [0.25, 0.3) is 0 Å². The van der Waals surface area contributed by atoms with Crippen LogP contribution in [0.25, 0.3) is 0 Å². The van der Waals surface area contributed by atoms with Gasteiger partial charge in [-0.25, -0.2) is 8.42 Å². The molecule has 1 unspecified atom stereocenters. The minimum atomic E-state index is -3.69. The average molecular weight is 335 g/mol. The van der Waals surface area contributed by atoms with Crippen LogP contribution in [0.15, 0.2) is 47.1 Å². The Morgan fingerprint density at radius 1 is 1.26 bits per heavy atom. The summed E-state index contributed by atoms with van der Waals surface area (Å²) >= 11 is 0. The number of carbonyl (C=O) groups is 1. The van der Waals surface area contributed by atoms with Crippen molar-refractivity contribution in [3.63, 3.8) is 0 Å². The molecule has 0 saturated heterocycles. The van der Waals surface area contributed by atoms with E-state index >= 15 is 0 Å². The van der Waals surface area contributed by atoms with E-state index in [1.807, 2.05) is 30.3 Å². The Morgan fingerprint density at radius 3 is 2.70 bits per heavy atom. The summed E-state index contributed by atoms with van der Waals surface area (Å²) in [5.41, 5.74) is 1.33. The van der Waals surface area contributed by atoms with Gasteiger partial charge in [0.05, 0.1) is 12.0 Å². The Labute approximate surface area is 134 Å². The molecule has 0 amide bonds. The van der Waals surface area contributed by atoms with Gasteiger partial charge in [-0.15, -0.1) is 0 Å². The quantitative estimate of drug-likeness (QED) is 0.901. The number of furan rings is 1. The lowest BCUT2D eigenvalue weighted by Gasteiger charge is -2.31. The lowest BCUT2D eigenvalue weighted by Crippen LogP contribution is -2.44. The van der Waals surface area contributed by atoms with Crippen LogP contribution in [0.3, 0.4) is 0 Å². The second-order valence-electron chi connectivity index (χ2n) is 5.45. The molecule has 23 heavy (non-hydrogen) atoms. The summed E-state index contributed by atoms with van der Waals surface area (Å²) in [4.78, 5) is 11.6. The van der Waals surface area contributed by atoms with E-state index in [0.717, 1.165) is 9.87 Å². The molecular formula is C16H17NO5S. The molecule has 1 aliphatic heterocycles. The first-order valence-electron chi connectivity index (χ1n) is 7.31. The van der Waals surface area contributed by atoms with Gasteiger partial charge in [0.15, 0.2) is 6.04 Å². The van der Waals surface area contributed by atoms with Crippen molar-refractivity contribution in [3.8, 4) is 0 Å². The summed E-state index contributed by atoms with van der Waals surface area (Å²) in [6.45, 7) is 0.120. The summed E-state index contributed by atoms with van der Waals surface area (Å²) in [7, 11) is -3.69. The van der Waals surface area contributed by atoms with Gasteiger partial charge in [-0.1, -0.05) is 30.3 Å².